The third-order valence-electron chi connectivity index (χ3n) is 4.33. The molecule has 1 N–H and O–H groups in total. The van der Waals surface area contributed by atoms with E-state index >= 15 is 0 Å². The number of esters is 1. The van der Waals surface area contributed by atoms with Crippen molar-refractivity contribution in [2.45, 2.75) is 5.16 Å². The van der Waals surface area contributed by atoms with Crippen LogP contribution in [-0.4, -0.2) is 50.1 Å². The molecule has 3 rings (SSSR count). The van der Waals surface area contributed by atoms with Gasteiger partial charge in [-0.05, 0) is 42.0 Å². The van der Waals surface area contributed by atoms with E-state index in [1.807, 2.05) is 0 Å². The van der Waals surface area contributed by atoms with Gasteiger partial charge in [0.15, 0.2) is 11.5 Å². The summed E-state index contributed by atoms with van der Waals surface area (Å²) in [5.41, 5.74) is 0.391. The number of benzene rings is 2. The molecule has 13 heteroatoms. The monoisotopic (exact) mass is 514 g/mol. The third-order valence-corrected chi connectivity index (χ3v) is 5.92. The van der Waals surface area contributed by atoms with Gasteiger partial charge >= 0.3 is 5.97 Å². The lowest BCUT2D eigenvalue weighted by Crippen LogP contribution is -2.13. The molecule has 1 heterocycles. The van der Waals surface area contributed by atoms with Gasteiger partial charge in [0.1, 0.15) is 17.4 Å². The summed E-state index contributed by atoms with van der Waals surface area (Å²) < 4.78 is 42.4. The average Bonchev–Trinajstić information content (AvgIpc) is 3.32. The summed E-state index contributed by atoms with van der Waals surface area (Å²) in [5.74, 6) is -0.628. The van der Waals surface area contributed by atoms with Crippen molar-refractivity contribution in [1.29, 1.82) is 5.26 Å². The number of sulfone groups is 1. The molecule has 180 valence electrons. The van der Waals surface area contributed by atoms with Gasteiger partial charge in [-0.1, -0.05) is 12.1 Å². The van der Waals surface area contributed by atoms with Crippen LogP contribution in [0.25, 0.3) is 6.08 Å². The standard InChI is InChI=1S/C22H18N4O7S2/c1-31-16-6-4-5-14(11-16)20(28)33-17-8-7-13(10-18(17)32-2)9-15(12-23)19(27)24-21-25-22(26-34-21)35(3,29)30/h4-11H,1-3H3,(H,24,25,26,27). The van der Waals surface area contributed by atoms with E-state index in [0.717, 1.165) is 6.26 Å². The Morgan fingerprint density at radius 2 is 1.89 bits per heavy atom. The van der Waals surface area contributed by atoms with E-state index in [2.05, 4.69) is 14.7 Å². The van der Waals surface area contributed by atoms with E-state index in [1.54, 1.807) is 24.3 Å². The van der Waals surface area contributed by atoms with Crippen LogP contribution in [0.1, 0.15) is 15.9 Å². The number of rotatable bonds is 8. The van der Waals surface area contributed by atoms with Gasteiger partial charge in [0.05, 0.1) is 19.8 Å². The van der Waals surface area contributed by atoms with Gasteiger partial charge in [-0.25, -0.2) is 13.2 Å². The van der Waals surface area contributed by atoms with Crippen LogP contribution in [0.2, 0.25) is 0 Å². The number of carbonyl (C=O) groups excluding carboxylic acids is 2. The molecule has 0 aliphatic heterocycles. The topological polar surface area (TPSA) is 158 Å². The third kappa shape index (κ3) is 6.40. The van der Waals surface area contributed by atoms with Crippen molar-refractivity contribution in [2.75, 3.05) is 25.8 Å². The predicted octanol–water partition coefficient (Wildman–Crippen LogP) is 2.72. The second-order valence-electron chi connectivity index (χ2n) is 6.81. The summed E-state index contributed by atoms with van der Waals surface area (Å²) in [5, 5.41) is 11.3. The summed E-state index contributed by atoms with van der Waals surface area (Å²) in [6.07, 6.45) is 2.22. The highest BCUT2D eigenvalue weighted by Gasteiger charge is 2.18. The van der Waals surface area contributed by atoms with Gasteiger partial charge in [0.25, 0.3) is 11.1 Å². The minimum Gasteiger partial charge on any atom is -0.497 e. The zero-order valence-electron chi connectivity index (χ0n) is 18.6. The molecule has 0 saturated heterocycles. The smallest absolute Gasteiger partial charge is 0.343 e. The first kappa shape index (κ1) is 25.3. The van der Waals surface area contributed by atoms with E-state index in [1.165, 1.54) is 44.6 Å². The van der Waals surface area contributed by atoms with Crippen molar-refractivity contribution >= 4 is 44.5 Å². The van der Waals surface area contributed by atoms with Crippen molar-refractivity contribution in [1.82, 2.24) is 9.36 Å². The molecule has 0 spiro atoms. The Morgan fingerprint density at radius 3 is 2.51 bits per heavy atom. The molecule has 0 bridgehead atoms. The van der Waals surface area contributed by atoms with Gasteiger partial charge in [-0.3, -0.25) is 10.1 Å². The van der Waals surface area contributed by atoms with Crippen LogP contribution in [0.5, 0.6) is 17.2 Å². The lowest BCUT2D eigenvalue weighted by molar-refractivity contribution is -0.112. The molecule has 0 atom stereocenters. The van der Waals surface area contributed by atoms with Gasteiger partial charge in [0.2, 0.25) is 15.0 Å². The first-order chi connectivity index (χ1) is 16.6. The number of nitriles is 1. The van der Waals surface area contributed by atoms with Crippen LogP contribution >= 0.6 is 11.5 Å². The number of carbonyl (C=O) groups is 2. The SMILES string of the molecule is COc1cccc(C(=O)Oc2ccc(C=C(C#N)C(=O)Nc3nc(S(C)(=O)=O)ns3)cc2OC)c1. The molecule has 0 unspecified atom stereocenters. The largest absolute Gasteiger partial charge is 0.497 e. The molecular formula is C22H18N4O7S2. The predicted molar refractivity (Wildman–Crippen MR) is 126 cm³/mol. The molecular weight excluding hydrogens is 496 g/mol. The highest BCUT2D eigenvalue weighted by atomic mass is 32.2. The van der Waals surface area contributed by atoms with Gasteiger partial charge in [-0.2, -0.15) is 14.6 Å². The molecule has 1 aromatic heterocycles. The van der Waals surface area contributed by atoms with E-state index in [4.69, 9.17) is 14.2 Å². The number of aromatic nitrogens is 2. The molecule has 35 heavy (non-hydrogen) atoms. The number of amides is 1. The zero-order valence-corrected chi connectivity index (χ0v) is 20.3. The number of hydrogen-bond acceptors (Lipinski definition) is 11. The van der Waals surface area contributed by atoms with Crippen LogP contribution in [-0.2, 0) is 14.6 Å². The Hall–Kier alpha value is -4.28. The van der Waals surface area contributed by atoms with Crippen LogP contribution in [0.4, 0.5) is 5.13 Å². The van der Waals surface area contributed by atoms with Crippen molar-refractivity contribution in [3.8, 4) is 23.3 Å². The Balaban J connectivity index is 1.79. The molecule has 0 saturated carbocycles. The highest BCUT2D eigenvalue weighted by Crippen LogP contribution is 2.30. The molecule has 1 amide bonds. The molecule has 0 aliphatic rings. The van der Waals surface area contributed by atoms with E-state index in [0.29, 0.717) is 22.8 Å². The Morgan fingerprint density at radius 1 is 1.11 bits per heavy atom. The van der Waals surface area contributed by atoms with Crippen LogP contribution < -0.4 is 19.5 Å². The summed E-state index contributed by atoms with van der Waals surface area (Å²) in [6.45, 7) is 0. The first-order valence-electron chi connectivity index (χ1n) is 9.65. The van der Waals surface area contributed by atoms with E-state index < -0.39 is 26.9 Å². The number of nitrogens with zero attached hydrogens (tertiary/aromatic N) is 3. The van der Waals surface area contributed by atoms with Crippen LogP contribution in [0.3, 0.4) is 0 Å². The molecule has 2 aromatic carbocycles. The fourth-order valence-corrected chi connectivity index (χ4v) is 4.10. The van der Waals surface area contributed by atoms with Crippen LogP contribution in [0.15, 0.2) is 53.2 Å². The number of methoxy groups -OCH3 is 2. The summed E-state index contributed by atoms with van der Waals surface area (Å²) >= 11 is 0.668. The Labute approximate surface area is 204 Å². The molecule has 3 aromatic rings. The average molecular weight is 515 g/mol. The Bertz CT molecular complexity index is 1460. The normalized spacial score (nSPS) is 11.3. The second kappa shape index (κ2) is 10.8. The lowest BCUT2D eigenvalue weighted by atomic mass is 10.1. The lowest BCUT2D eigenvalue weighted by Gasteiger charge is -2.10. The van der Waals surface area contributed by atoms with Crippen molar-refractivity contribution in [2.24, 2.45) is 0 Å². The number of hydrogen-bond donors (Lipinski definition) is 1. The summed E-state index contributed by atoms with van der Waals surface area (Å²) in [6, 6.07) is 12.7. The minimum atomic E-state index is -3.63. The highest BCUT2D eigenvalue weighted by molar-refractivity contribution is 7.90. The maximum absolute atomic E-state index is 12.5. The Kier molecular flexibility index (Phi) is 7.80. The second-order valence-corrected chi connectivity index (χ2v) is 9.47. The summed E-state index contributed by atoms with van der Waals surface area (Å²) in [4.78, 5) is 28.7. The maximum Gasteiger partial charge on any atom is 0.343 e. The molecule has 0 radical (unpaired) electrons. The van der Waals surface area contributed by atoms with Crippen LogP contribution in [0, 0.1) is 11.3 Å². The summed E-state index contributed by atoms with van der Waals surface area (Å²) in [7, 11) is -0.777. The molecule has 0 fully saturated rings. The quantitative estimate of drug-likeness (QED) is 0.205. The number of nitrogens with one attached hydrogen (secondary N) is 1. The van der Waals surface area contributed by atoms with Gasteiger partial charge in [-0.15, -0.1) is 0 Å². The zero-order chi connectivity index (χ0) is 25.6. The number of anilines is 1. The molecule has 11 nitrogen and oxygen atoms in total. The maximum atomic E-state index is 12.5. The van der Waals surface area contributed by atoms with E-state index in [9.17, 15) is 23.3 Å². The first-order valence-corrected chi connectivity index (χ1v) is 12.3. The van der Waals surface area contributed by atoms with Gasteiger partial charge in [0, 0.05) is 17.8 Å². The fraction of sp³-hybridized carbons (Fsp3) is 0.136. The molecule has 0 aliphatic carbocycles. The van der Waals surface area contributed by atoms with E-state index in [-0.39, 0.29) is 27.8 Å². The van der Waals surface area contributed by atoms with Gasteiger partial charge < -0.3 is 14.2 Å². The fourth-order valence-electron chi connectivity index (χ4n) is 2.66. The van der Waals surface area contributed by atoms with Crippen molar-refractivity contribution < 1.29 is 32.2 Å². The minimum absolute atomic E-state index is 0.0750. The van der Waals surface area contributed by atoms with Crippen molar-refractivity contribution in [3.05, 3.63) is 59.2 Å². The number of ether oxygens (including phenoxy) is 3. The van der Waals surface area contributed by atoms with Crippen molar-refractivity contribution in [3.63, 3.8) is 0 Å².